The first-order valence-electron chi connectivity index (χ1n) is 7.98. The molecule has 0 amide bonds. The lowest BCUT2D eigenvalue weighted by Crippen LogP contribution is -2.10. The van der Waals surface area contributed by atoms with E-state index in [0.717, 1.165) is 12.8 Å². The van der Waals surface area contributed by atoms with E-state index in [2.05, 4.69) is 6.92 Å². The van der Waals surface area contributed by atoms with Gasteiger partial charge in [0.15, 0.2) is 0 Å². The lowest BCUT2D eigenvalue weighted by Gasteiger charge is -2.04. The van der Waals surface area contributed by atoms with E-state index in [1.54, 1.807) is 24.3 Å². The third kappa shape index (κ3) is 8.28. The summed E-state index contributed by atoms with van der Waals surface area (Å²) in [6, 6.07) is 8.85. The van der Waals surface area contributed by atoms with E-state index in [4.69, 9.17) is 4.74 Å². The van der Waals surface area contributed by atoms with Crippen LogP contribution >= 0.6 is 0 Å². The molecule has 1 aromatic rings. The molecule has 21 heavy (non-hydrogen) atoms. The maximum Gasteiger partial charge on any atom is 0.338 e. The molecule has 0 aromatic heterocycles. The molecule has 0 saturated carbocycles. The highest BCUT2D eigenvalue weighted by atomic mass is 16.5. The molecule has 0 aliphatic heterocycles. The van der Waals surface area contributed by atoms with E-state index in [0.29, 0.717) is 18.4 Å². The van der Waals surface area contributed by atoms with Gasteiger partial charge in [-0.15, -0.1) is 0 Å². The van der Waals surface area contributed by atoms with Crippen molar-refractivity contribution in [2.45, 2.75) is 58.3 Å². The fourth-order valence-corrected chi connectivity index (χ4v) is 2.14. The van der Waals surface area contributed by atoms with Crippen LogP contribution < -0.4 is 0 Å². The van der Waals surface area contributed by atoms with Gasteiger partial charge in [0.1, 0.15) is 5.78 Å². The van der Waals surface area contributed by atoms with Crippen molar-refractivity contribution in [3.63, 3.8) is 0 Å². The Morgan fingerprint density at radius 1 is 0.905 bits per heavy atom. The molecule has 0 saturated heterocycles. The van der Waals surface area contributed by atoms with E-state index < -0.39 is 0 Å². The van der Waals surface area contributed by atoms with Crippen molar-refractivity contribution in [2.75, 3.05) is 6.61 Å². The van der Waals surface area contributed by atoms with Crippen LogP contribution in [0.15, 0.2) is 30.3 Å². The molecule has 0 fully saturated rings. The largest absolute Gasteiger partial charge is 0.462 e. The number of hydrogen-bond acceptors (Lipinski definition) is 3. The first kappa shape index (κ1) is 17.4. The summed E-state index contributed by atoms with van der Waals surface area (Å²) in [5, 5.41) is 0. The first-order chi connectivity index (χ1) is 10.2. The second kappa shape index (κ2) is 11.1. The van der Waals surface area contributed by atoms with Crippen LogP contribution in [-0.2, 0) is 9.53 Å². The van der Waals surface area contributed by atoms with Gasteiger partial charge in [0, 0.05) is 12.8 Å². The van der Waals surface area contributed by atoms with Crippen LogP contribution in [0.2, 0.25) is 0 Å². The average Bonchev–Trinajstić information content (AvgIpc) is 2.51. The molecule has 0 heterocycles. The zero-order valence-electron chi connectivity index (χ0n) is 13.0. The van der Waals surface area contributed by atoms with Crippen molar-refractivity contribution < 1.29 is 14.3 Å². The molecule has 1 rings (SSSR count). The van der Waals surface area contributed by atoms with Crippen molar-refractivity contribution in [2.24, 2.45) is 0 Å². The molecular formula is C18H26O3. The van der Waals surface area contributed by atoms with Crippen molar-refractivity contribution in [1.82, 2.24) is 0 Å². The van der Waals surface area contributed by atoms with Gasteiger partial charge in [-0.3, -0.25) is 4.79 Å². The first-order valence-corrected chi connectivity index (χ1v) is 7.98. The van der Waals surface area contributed by atoms with Crippen molar-refractivity contribution in [1.29, 1.82) is 0 Å². The van der Waals surface area contributed by atoms with E-state index >= 15 is 0 Å². The van der Waals surface area contributed by atoms with Gasteiger partial charge in [-0.05, 0) is 18.6 Å². The Labute approximate surface area is 127 Å². The number of carbonyl (C=O) groups excluding carboxylic acids is 2. The minimum absolute atomic E-state index is 0.183. The highest BCUT2D eigenvalue weighted by Gasteiger charge is 2.07. The number of hydrogen-bond donors (Lipinski definition) is 0. The summed E-state index contributed by atoms with van der Waals surface area (Å²) in [6.45, 7) is 2.38. The van der Waals surface area contributed by atoms with Crippen LogP contribution in [0.5, 0.6) is 0 Å². The lowest BCUT2D eigenvalue weighted by molar-refractivity contribution is -0.119. The maximum absolute atomic E-state index is 11.7. The summed E-state index contributed by atoms with van der Waals surface area (Å²) in [5.41, 5.74) is 0.529. The van der Waals surface area contributed by atoms with Crippen LogP contribution in [0.1, 0.15) is 68.6 Å². The predicted octanol–water partition coefficient (Wildman–Crippen LogP) is 4.55. The standard InChI is InChI=1S/C18H26O3/c1-2-3-4-5-6-10-13-17(19)14-15-21-18(20)16-11-8-7-9-12-16/h7-9,11-12H,2-6,10,13-15H2,1H3. The van der Waals surface area contributed by atoms with Crippen molar-refractivity contribution in [3.8, 4) is 0 Å². The van der Waals surface area contributed by atoms with Gasteiger partial charge >= 0.3 is 5.97 Å². The Bertz CT molecular complexity index is 412. The summed E-state index contributed by atoms with van der Waals surface area (Å²) in [6.07, 6.45) is 8.01. The number of Topliss-reactive ketones (excluding diaryl/α,β-unsaturated/α-hetero) is 1. The second-order valence-electron chi connectivity index (χ2n) is 5.31. The third-order valence-electron chi connectivity index (χ3n) is 3.43. The van der Waals surface area contributed by atoms with Gasteiger partial charge in [-0.1, -0.05) is 57.2 Å². The van der Waals surface area contributed by atoms with Gasteiger partial charge in [-0.25, -0.2) is 4.79 Å². The monoisotopic (exact) mass is 290 g/mol. The average molecular weight is 290 g/mol. The minimum atomic E-state index is -0.358. The number of ketones is 1. The van der Waals surface area contributed by atoms with Crippen LogP contribution in [0.3, 0.4) is 0 Å². The van der Waals surface area contributed by atoms with Gasteiger partial charge < -0.3 is 4.74 Å². The molecule has 0 atom stereocenters. The predicted molar refractivity (Wildman–Crippen MR) is 84.3 cm³/mol. The quantitative estimate of drug-likeness (QED) is 0.443. The summed E-state index contributed by atoms with van der Waals surface area (Å²) < 4.78 is 5.10. The number of ether oxygens (including phenoxy) is 1. The number of esters is 1. The molecule has 1 aromatic carbocycles. The van der Waals surface area contributed by atoms with Crippen molar-refractivity contribution >= 4 is 11.8 Å². The van der Waals surface area contributed by atoms with Crippen LogP contribution in [0.25, 0.3) is 0 Å². The summed E-state index contributed by atoms with van der Waals surface area (Å²) in [5.74, 6) is -0.172. The van der Waals surface area contributed by atoms with Crippen molar-refractivity contribution in [3.05, 3.63) is 35.9 Å². The Morgan fingerprint density at radius 2 is 1.57 bits per heavy atom. The number of carbonyl (C=O) groups is 2. The zero-order valence-corrected chi connectivity index (χ0v) is 13.0. The molecule has 0 bridgehead atoms. The van der Waals surface area contributed by atoms with Gasteiger partial charge in [0.25, 0.3) is 0 Å². The Hall–Kier alpha value is -1.64. The molecule has 3 heteroatoms. The molecule has 116 valence electrons. The molecule has 0 aliphatic rings. The fraction of sp³-hybridized carbons (Fsp3) is 0.556. The minimum Gasteiger partial charge on any atom is -0.462 e. The van der Waals surface area contributed by atoms with Crippen LogP contribution in [0.4, 0.5) is 0 Å². The fourth-order valence-electron chi connectivity index (χ4n) is 2.14. The number of rotatable bonds is 11. The molecule has 0 N–H and O–H groups in total. The molecule has 0 radical (unpaired) electrons. The molecular weight excluding hydrogens is 264 g/mol. The Morgan fingerprint density at radius 3 is 2.29 bits per heavy atom. The number of unbranched alkanes of at least 4 members (excludes halogenated alkanes) is 5. The Kier molecular flexibility index (Phi) is 9.18. The zero-order chi connectivity index (χ0) is 15.3. The van der Waals surface area contributed by atoms with Gasteiger partial charge in [-0.2, -0.15) is 0 Å². The molecule has 3 nitrogen and oxygen atoms in total. The third-order valence-corrected chi connectivity index (χ3v) is 3.43. The molecule has 0 aliphatic carbocycles. The highest BCUT2D eigenvalue weighted by molar-refractivity contribution is 5.89. The van der Waals surface area contributed by atoms with E-state index in [1.807, 2.05) is 6.07 Å². The highest BCUT2D eigenvalue weighted by Crippen LogP contribution is 2.08. The van der Waals surface area contributed by atoms with Crippen LogP contribution in [-0.4, -0.2) is 18.4 Å². The smallest absolute Gasteiger partial charge is 0.338 e. The Balaban J connectivity index is 2.04. The molecule has 0 unspecified atom stereocenters. The van der Waals surface area contributed by atoms with Gasteiger partial charge in [0.05, 0.1) is 12.2 Å². The second-order valence-corrected chi connectivity index (χ2v) is 5.31. The normalized spacial score (nSPS) is 10.3. The summed E-state index contributed by atoms with van der Waals surface area (Å²) >= 11 is 0. The number of benzene rings is 1. The van der Waals surface area contributed by atoms with E-state index in [-0.39, 0.29) is 18.4 Å². The SMILES string of the molecule is CCCCCCCCC(=O)CCOC(=O)c1ccccc1. The maximum atomic E-state index is 11.7. The van der Waals surface area contributed by atoms with E-state index in [9.17, 15) is 9.59 Å². The molecule has 0 spiro atoms. The summed E-state index contributed by atoms with van der Waals surface area (Å²) in [4.78, 5) is 23.3. The van der Waals surface area contributed by atoms with Crippen LogP contribution in [0, 0.1) is 0 Å². The summed E-state index contributed by atoms with van der Waals surface area (Å²) in [7, 11) is 0. The lowest BCUT2D eigenvalue weighted by atomic mass is 10.1. The van der Waals surface area contributed by atoms with Gasteiger partial charge in [0.2, 0.25) is 0 Å². The topological polar surface area (TPSA) is 43.4 Å². The van der Waals surface area contributed by atoms with E-state index in [1.165, 1.54) is 25.7 Å².